The quantitative estimate of drug-likeness (QED) is 0.612. The van der Waals surface area contributed by atoms with Gasteiger partial charge in [0.2, 0.25) is 0 Å². The first-order chi connectivity index (χ1) is 6.09. The van der Waals surface area contributed by atoms with Crippen molar-refractivity contribution in [2.45, 2.75) is 20.8 Å². The van der Waals surface area contributed by atoms with Gasteiger partial charge in [-0.25, -0.2) is 9.97 Å². The summed E-state index contributed by atoms with van der Waals surface area (Å²) in [6.45, 7) is 6.08. The van der Waals surface area contributed by atoms with Crippen LogP contribution in [0.15, 0.2) is 6.07 Å². The second-order valence-electron chi connectivity index (χ2n) is 3.45. The summed E-state index contributed by atoms with van der Waals surface area (Å²) < 4.78 is 2.06. The Kier molecular flexibility index (Phi) is 1.62. The number of aryl methyl sites for hydroxylation is 4. The van der Waals surface area contributed by atoms with Gasteiger partial charge in [0.1, 0.15) is 5.82 Å². The van der Waals surface area contributed by atoms with E-state index in [1.165, 1.54) is 5.56 Å². The summed E-state index contributed by atoms with van der Waals surface area (Å²) in [7, 11) is 2.02. The molecule has 0 N–H and O–H groups in total. The Morgan fingerprint density at radius 3 is 2.54 bits per heavy atom. The third kappa shape index (κ3) is 1.11. The molecule has 0 amide bonds. The molecule has 2 aromatic heterocycles. The van der Waals surface area contributed by atoms with E-state index in [9.17, 15) is 0 Å². The largest absolute Gasteiger partial charge is 0.330 e. The van der Waals surface area contributed by atoms with Crippen molar-refractivity contribution in [3.8, 4) is 0 Å². The van der Waals surface area contributed by atoms with E-state index in [0.717, 1.165) is 22.7 Å². The summed E-state index contributed by atoms with van der Waals surface area (Å²) >= 11 is 0. The van der Waals surface area contributed by atoms with E-state index in [2.05, 4.69) is 27.5 Å². The fraction of sp³-hybridized carbons (Fsp3) is 0.400. The molecule has 0 saturated heterocycles. The second-order valence-corrected chi connectivity index (χ2v) is 3.45. The van der Waals surface area contributed by atoms with Crippen molar-refractivity contribution in [2.75, 3.05) is 0 Å². The summed E-state index contributed by atoms with van der Waals surface area (Å²) in [5, 5.41) is 0. The standard InChI is InChI=1S/C10H13N3/c1-6-5-9-10(11-7(6)2)12-8(3)13(9)4/h5H,1-4H3. The van der Waals surface area contributed by atoms with Crippen molar-refractivity contribution in [1.29, 1.82) is 0 Å². The molecule has 0 aliphatic carbocycles. The van der Waals surface area contributed by atoms with E-state index in [-0.39, 0.29) is 0 Å². The predicted octanol–water partition coefficient (Wildman–Crippen LogP) is 1.89. The molecule has 0 fully saturated rings. The van der Waals surface area contributed by atoms with Gasteiger partial charge in [0.05, 0.1) is 5.52 Å². The maximum Gasteiger partial charge on any atom is 0.178 e. The highest BCUT2D eigenvalue weighted by atomic mass is 15.1. The molecule has 3 heteroatoms. The van der Waals surface area contributed by atoms with Crippen LogP contribution < -0.4 is 0 Å². The highest BCUT2D eigenvalue weighted by molar-refractivity contribution is 5.72. The van der Waals surface area contributed by atoms with Crippen LogP contribution in [0.1, 0.15) is 17.1 Å². The van der Waals surface area contributed by atoms with Crippen LogP contribution in [0.3, 0.4) is 0 Å². The molecule has 68 valence electrons. The van der Waals surface area contributed by atoms with Gasteiger partial charge in [-0.2, -0.15) is 0 Å². The van der Waals surface area contributed by atoms with Crippen molar-refractivity contribution in [1.82, 2.24) is 14.5 Å². The molecule has 3 nitrogen and oxygen atoms in total. The van der Waals surface area contributed by atoms with Gasteiger partial charge in [0, 0.05) is 12.7 Å². The number of pyridine rings is 1. The van der Waals surface area contributed by atoms with Gasteiger partial charge < -0.3 is 4.57 Å². The van der Waals surface area contributed by atoms with Gasteiger partial charge in [0.15, 0.2) is 5.65 Å². The Morgan fingerprint density at radius 2 is 1.85 bits per heavy atom. The summed E-state index contributed by atoms with van der Waals surface area (Å²) in [4.78, 5) is 8.79. The van der Waals surface area contributed by atoms with Crippen LogP contribution in [0.5, 0.6) is 0 Å². The van der Waals surface area contributed by atoms with Crippen molar-refractivity contribution in [3.63, 3.8) is 0 Å². The number of hydrogen-bond donors (Lipinski definition) is 0. The lowest BCUT2D eigenvalue weighted by Gasteiger charge is -1.99. The van der Waals surface area contributed by atoms with Gasteiger partial charge in [0.25, 0.3) is 0 Å². The molecule has 2 heterocycles. The third-order valence-electron chi connectivity index (χ3n) is 2.54. The molecule has 0 spiro atoms. The van der Waals surface area contributed by atoms with Crippen LogP contribution >= 0.6 is 0 Å². The normalized spacial score (nSPS) is 11.1. The second kappa shape index (κ2) is 2.55. The van der Waals surface area contributed by atoms with E-state index in [1.807, 2.05) is 20.9 Å². The maximum absolute atomic E-state index is 4.42. The molecule has 0 saturated carbocycles. The molecular formula is C10H13N3. The summed E-state index contributed by atoms with van der Waals surface area (Å²) in [5.41, 5.74) is 4.24. The lowest BCUT2D eigenvalue weighted by molar-refractivity contribution is 0.885. The zero-order valence-corrected chi connectivity index (χ0v) is 8.42. The fourth-order valence-electron chi connectivity index (χ4n) is 1.41. The van der Waals surface area contributed by atoms with E-state index in [4.69, 9.17) is 0 Å². The van der Waals surface area contributed by atoms with Gasteiger partial charge in [-0.05, 0) is 32.4 Å². The van der Waals surface area contributed by atoms with Crippen LogP contribution in [-0.4, -0.2) is 14.5 Å². The minimum Gasteiger partial charge on any atom is -0.330 e. The Labute approximate surface area is 77.4 Å². The van der Waals surface area contributed by atoms with Crippen molar-refractivity contribution < 1.29 is 0 Å². The van der Waals surface area contributed by atoms with Crippen LogP contribution in [0, 0.1) is 20.8 Å². The van der Waals surface area contributed by atoms with Crippen LogP contribution in [0.4, 0.5) is 0 Å². The summed E-state index contributed by atoms with van der Waals surface area (Å²) in [6.07, 6.45) is 0. The highest BCUT2D eigenvalue weighted by Gasteiger charge is 2.06. The number of hydrogen-bond acceptors (Lipinski definition) is 2. The van der Waals surface area contributed by atoms with Crippen LogP contribution in [0.25, 0.3) is 11.2 Å². The molecule has 2 rings (SSSR count). The molecule has 0 aliphatic heterocycles. The number of fused-ring (bicyclic) bond motifs is 1. The van der Waals surface area contributed by atoms with Crippen molar-refractivity contribution in [2.24, 2.45) is 7.05 Å². The molecular weight excluding hydrogens is 162 g/mol. The van der Waals surface area contributed by atoms with Gasteiger partial charge in [-0.1, -0.05) is 0 Å². The highest BCUT2D eigenvalue weighted by Crippen LogP contribution is 2.15. The number of aromatic nitrogens is 3. The van der Waals surface area contributed by atoms with Crippen molar-refractivity contribution in [3.05, 3.63) is 23.1 Å². The number of imidazole rings is 1. The molecule has 0 aromatic carbocycles. The Morgan fingerprint density at radius 1 is 1.15 bits per heavy atom. The van der Waals surface area contributed by atoms with Gasteiger partial charge in [-0.3, -0.25) is 0 Å². The Bertz CT molecular complexity index is 468. The lowest BCUT2D eigenvalue weighted by atomic mass is 10.2. The Hall–Kier alpha value is -1.38. The first-order valence-corrected chi connectivity index (χ1v) is 4.37. The van der Waals surface area contributed by atoms with E-state index < -0.39 is 0 Å². The molecule has 0 atom stereocenters. The third-order valence-corrected chi connectivity index (χ3v) is 2.54. The molecule has 2 aromatic rings. The summed E-state index contributed by atoms with van der Waals surface area (Å²) in [6, 6.07) is 2.14. The van der Waals surface area contributed by atoms with Crippen LogP contribution in [-0.2, 0) is 7.05 Å². The first-order valence-electron chi connectivity index (χ1n) is 4.37. The molecule has 13 heavy (non-hydrogen) atoms. The zero-order valence-electron chi connectivity index (χ0n) is 8.42. The lowest BCUT2D eigenvalue weighted by Crippen LogP contribution is -1.92. The van der Waals surface area contributed by atoms with Crippen molar-refractivity contribution >= 4 is 11.2 Å². The summed E-state index contributed by atoms with van der Waals surface area (Å²) in [5.74, 6) is 1.01. The fourth-order valence-corrected chi connectivity index (χ4v) is 1.41. The molecule has 0 aliphatic rings. The topological polar surface area (TPSA) is 30.7 Å². The van der Waals surface area contributed by atoms with Gasteiger partial charge in [-0.15, -0.1) is 0 Å². The minimum absolute atomic E-state index is 0.850. The maximum atomic E-state index is 4.42. The molecule has 0 radical (unpaired) electrons. The van der Waals surface area contributed by atoms with E-state index >= 15 is 0 Å². The monoisotopic (exact) mass is 175 g/mol. The average Bonchev–Trinajstić information content (AvgIpc) is 2.32. The zero-order chi connectivity index (χ0) is 9.59. The number of nitrogens with zero attached hydrogens (tertiary/aromatic N) is 3. The molecule has 0 bridgehead atoms. The number of rotatable bonds is 0. The van der Waals surface area contributed by atoms with Crippen LogP contribution in [0.2, 0.25) is 0 Å². The smallest absolute Gasteiger partial charge is 0.178 e. The SMILES string of the molecule is Cc1cc2c(nc1C)nc(C)n2C. The van der Waals surface area contributed by atoms with Gasteiger partial charge >= 0.3 is 0 Å². The Balaban J connectivity index is 2.89. The van der Waals surface area contributed by atoms with E-state index in [0.29, 0.717) is 0 Å². The van der Waals surface area contributed by atoms with E-state index in [1.54, 1.807) is 0 Å². The first kappa shape index (κ1) is 8.23. The average molecular weight is 175 g/mol. The predicted molar refractivity (Wildman–Crippen MR) is 52.7 cm³/mol. The molecule has 0 unspecified atom stereocenters. The minimum atomic E-state index is 0.850.